The average Bonchev–Trinajstić information content (AvgIpc) is 3.12. The maximum atomic E-state index is 13.4. The second-order valence-corrected chi connectivity index (χ2v) is 11.4. The van der Waals surface area contributed by atoms with Gasteiger partial charge in [0.05, 0.1) is 0 Å². The quantitative estimate of drug-likeness (QED) is 0.657. The van der Waals surface area contributed by atoms with Gasteiger partial charge in [0.25, 0.3) is 0 Å². The number of fused-ring (bicyclic) bond motifs is 5. The molecule has 2 amide bonds. The predicted molar refractivity (Wildman–Crippen MR) is 124 cm³/mol. The number of nitrogens with one attached hydrogen (secondary N) is 2. The van der Waals surface area contributed by atoms with Crippen LogP contribution in [-0.4, -0.2) is 23.6 Å². The van der Waals surface area contributed by atoms with Gasteiger partial charge in [-0.05, 0) is 105 Å². The van der Waals surface area contributed by atoms with E-state index in [1.807, 2.05) is 12.1 Å². The Balaban J connectivity index is 1.32. The number of anilines is 1. The number of Topliss-reactive ketones (excluding diaryl/α,β-unsaturated/α-hetero) is 1. The summed E-state index contributed by atoms with van der Waals surface area (Å²) in [6.45, 7) is 6.33. The van der Waals surface area contributed by atoms with Crippen LogP contribution >= 0.6 is 0 Å². The second-order valence-electron chi connectivity index (χ2n) is 11.4. The van der Waals surface area contributed by atoms with Crippen LogP contribution in [0.3, 0.4) is 0 Å². The Morgan fingerprint density at radius 2 is 1.66 bits per heavy atom. The third kappa shape index (κ3) is 3.31. The molecule has 0 unspecified atom stereocenters. The Kier molecular flexibility index (Phi) is 5.22. The fourth-order valence-electron chi connectivity index (χ4n) is 8.15. The fourth-order valence-corrected chi connectivity index (χ4v) is 8.15. The lowest BCUT2D eigenvalue weighted by Gasteiger charge is -2.60. The molecule has 1 heterocycles. The van der Waals surface area contributed by atoms with E-state index in [0.717, 1.165) is 44.2 Å². The highest BCUT2D eigenvalue weighted by Crippen LogP contribution is 2.65. The zero-order chi connectivity index (χ0) is 22.7. The summed E-state index contributed by atoms with van der Waals surface area (Å²) in [4.78, 5) is 36.9. The molecule has 4 fully saturated rings. The molecule has 5 nitrogen and oxygen atoms in total. The number of amides is 2. The molecule has 0 bridgehead atoms. The summed E-state index contributed by atoms with van der Waals surface area (Å²) in [5, 5.41) is 6.44. The first-order valence-corrected chi connectivity index (χ1v) is 12.4. The van der Waals surface area contributed by atoms with Gasteiger partial charge >= 0.3 is 0 Å². The molecule has 172 valence electrons. The van der Waals surface area contributed by atoms with Crippen LogP contribution in [0.15, 0.2) is 24.3 Å². The number of hydrogen-bond donors (Lipinski definition) is 2. The van der Waals surface area contributed by atoms with E-state index in [1.165, 1.54) is 6.42 Å². The summed E-state index contributed by atoms with van der Waals surface area (Å²) in [6, 6.07) is 7.56. The van der Waals surface area contributed by atoms with Gasteiger partial charge in [-0.3, -0.25) is 14.4 Å². The van der Waals surface area contributed by atoms with Crippen molar-refractivity contribution in [1.82, 2.24) is 5.32 Å². The van der Waals surface area contributed by atoms with Crippen molar-refractivity contribution in [3.8, 4) is 0 Å². The summed E-state index contributed by atoms with van der Waals surface area (Å²) in [5.41, 5.74) is 1.69. The minimum atomic E-state index is 0.0340. The highest BCUT2D eigenvalue weighted by molar-refractivity contribution is 5.96. The number of piperidine rings is 1. The van der Waals surface area contributed by atoms with Crippen LogP contribution < -0.4 is 10.6 Å². The third-order valence-electron chi connectivity index (χ3n) is 9.97. The smallest absolute Gasteiger partial charge is 0.228 e. The van der Waals surface area contributed by atoms with E-state index in [4.69, 9.17) is 0 Å². The SMILES string of the molecule is CC(=O)c1ccc(NC(=O)[C@H]2CC[C@H]3[C@@H]4CC[C@H]5NC(=O)CC[C@]5(C)[C@H]4CC[C@]23C)cc1. The van der Waals surface area contributed by atoms with Gasteiger partial charge in [0.2, 0.25) is 11.8 Å². The molecular weight excluding hydrogens is 400 g/mol. The predicted octanol–water partition coefficient (Wildman–Crippen LogP) is 4.97. The molecule has 3 saturated carbocycles. The van der Waals surface area contributed by atoms with E-state index in [1.54, 1.807) is 19.1 Å². The second kappa shape index (κ2) is 7.71. The minimum absolute atomic E-state index is 0.0340. The van der Waals surface area contributed by atoms with Crippen molar-refractivity contribution in [2.75, 3.05) is 5.32 Å². The van der Waals surface area contributed by atoms with Gasteiger partial charge < -0.3 is 10.6 Å². The topological polar surface area (TPSA) is 75.3 Å². The normalized spacial score (nSPS) is 40.5. The Morgan fingerprint density at radius 1 is 0.938 bits per heavy atom. The average molecular weight is 437 g/mol. The Hall–Kier alpha value is -2.17. The van der Waals surface area contributed by atoms with Crippen LogP contribution in [0.4, 0.5) is 5.69 Å². The summed E-state index contributed by atoms with van der Waals surface area (Å²) in [6.07, 6.45) is 8.26. The number of benzene rings is 1. The molecule has 1 aromatic rings. The summed E-state index contributed by atoms with van der Waals surface area (Å²) in [7, 11) is 0. The van der Waals surface area contributed by atoms with Gasteiger partial charge in [0, 0.05) is 29.6 Å². The third-order valence-corrected chi connectivity index (χ3v) is 9.97. The van der Waals surface area contributed by atoms with Crippen molar-refractivity contribution in [1.29, 1.82) is 0 Å². The lowest BCUT2D eigenvalue weighted by atomic mass is 9.47. The lowest BCUT2D eigenvalue weighted by Crippen LogP contribution is -2.61. The first-order chi connectivity index (χ1) is 15.2. The summed E-state index contributed by atoms with van der Waals surface area (Å²) < 4.78 is 0. The summed E-state index contributed by atoms with van der Waals surface area (Å²) in [5.74, 6) is 2.34. The van der Waals surface area contributed by atoms with Crippen LogP contribution in [0, 0.1) is 34.5 Å². The van der Waals surface area contributed by atoms with Gasteiger partial charge in [0.15, 0.2) is 5.78 Å². The van der Waals surface area contributed by atoms with E-state index < -0.39 is 0 Å². The van der Waals surface area contributed by atoms with Crippen LogP contribution in [0.2, 0.25) is 0 Å². The van der Waals surface area contributed by atoms with Crippen molar-refractivity contribution in [2.24, 2.45) is 34.5 Å². The molecule has 1 saturated heterocycles. The Morgan fingerprint density at radius 3 is 2.38 bits per heavy atom. The van der Waals surface area contributed by atoms with E-state index in [0.29, 0.717) is 35.8 Å². The molecule has 2 N–H and O–H groups in total. The molecular formula is C27H36N2O3. The summed E-state index contributed by atoms with van der Waals surface area (Å²) >= 11 is 0. The minimum Gasteiger partial charge on any atom is -0.353 e. The maximum absolute atomic E-state index is 13.4. The molecule has 5 rings (SSSR count). The van der Waals surface area contributed by atoms with E-state index in [2.05, 4.69) is 24.5 Å². The number of carbonyl (C=O) groups is 3. The number of hydrogen-bond acceptors (Lipinski definition) is 3. The highest BCUT2D eigenvalue weighted by Gasteiger charge is 2.61. The van der Waals surface area contributed by atoms with Crippen molar-refractivity contribution in [3.05, 3.63) is 29.8 Å². The molecule has 3 aliphatic carbocycles. The van der Waals surface area contributed by atoms with Gasteiger partial charge in [-0.15, -0.1) is 0 Å². The first kappa shape index (κ1) is 21.7. The van der Waals surface area contributed by atoms with Crippen LogP contribution in [0.5, 0.6) is 0 Å². The van der Waals surface area contributed by atoms with Crippen molar-refractivity contribution in [2.45, 2.75) is 78.2 Å². The largest absolute Gasteiger partial charge is 0.353 e. The van der Waals surface area contributed by atoms with Gasteiger partial charge in [-0.25, -0.2) is 0 Å². The van der Waals surface area contributed by atoms with Crippen molar-refractivity contribution >= 4 is 23.3 Å². The molecule has 0 aromatic heterocycles. The standard InChI is InChI=1S/C27H36N2O3/c1-16(30)17-4-6-18(7-5-17)28-25(32)22-10-9-20-19-8-11-23-27(3,15-13-24(31)29-23)21(19)12-14-26(20,22)2/h4-7,19-23H,8-15H2,1-3H3,(H,28,32)(H,29,31)/t19-,20-,21-,22+,23+,26-,27+/m0/s1. The molecule has 32 heavy (non-hydrogen) atoms. The van der Waals surface area contributed by atoms with Gasteiger partial charge in [0.1, 0.15) is 0 Å². The Bertz CT molecular complexity index is 941. The number of carbonyl (C=O) groups excluding carboxylic acids is 3. The molecule has 4 aliphatic rings. The van der Waals surface area contributed by atoms with Crippen LogP contribution in [-0.2, 0) is 9.59 Å². The zero-order valence-electron chi connectivity index (χ0n) is 19.6. The zero-order valence-corrected chi connectivity index (χ0v) is 19.6. The van der Waals surface area contributed by atoms with Crippen molar-refractivity contribution in [3.63, 3.8) is 0 Å². The molecule has 7 atom stereocenters. The number of rotatable bonds is 3. The lowest BCUT2D eigenvalue weighted by molar-refractivity contribution is -0.140. The van der Waals surface area contributed by atoms with E-state index in [-0.39, 0.29) is 34.3 Å². The van der Waals surface area contributed by atoms with Gasteiger partial charge in [-0.2, -0.15) is 0 Å². The molecule has 0 radical (unpaired) electrons. The van der Waals surface area contributed by atoms with Crippen LogP contribution in [0.25, 0.3) is 0 Å². The maximum Gasteiger partial charge on any atom is 0.228 e. The van der Waals surface area contributed by atoms with E-state index >= 15 is 0 Å². The molecule has 0 spiro atoms. The first-order valence-electron chi connectivity index (χ1n) is 12.4. The van der Waals surface area contributed by atoms with Crippen molar-refractivity contribution < 1.29 is 14.4 Å². The monoisotopic (exact) mass is 436 g/mol. The van der Waals surface area contributed by atoms with Crippen LogP contribution in [0.1, 0.15) is 82.5 Å². The molecule has 1 aliphatic heterocycles. The van der Waals surface area contributed by atoms with Gasteiger partial charge in [-0.1, -0.05) is 13.8 Å². The molecule has 1 aromatic carbocycles. The highest BCUT2D eigenvalue weighted by atomic mass is 16.2. The number of ketones is 1. The molecule has 5 heteroatoms. The fraction of sp³-hybridized carbons (Fsp3) is 0.667. The Labute approximate surface area is 191 Å². The van der Waals surface area contributed by atoms with E-state index in [9.17, 15) is 14.4 Å².